The summed E-state index contributed by atoms with van der Waals surface area (Å²) >= 11 is 0. The first-order valence-electron chi connectivity index (χ1n) is 6.96. The van der Waals surface area contributed by atoms with Crippen LogP contribution in [-0.2, 0) is 6.42 Å². The maximum absolute atomic E-state index is 5.78. The third-order valence-corrected chi connectivity index (χ3v) is 3.74. The second-order valence-corrected chi connectivity index (χ2v) is 5.47. The minimum Gasteiger partial charge on any atom is -0.335 e. The monoisotopic (exact) mass is 248 g/mol. The average molecular weight is 248 g/mol. The van der Waals surface area contributed by atoms with Crippen molar-refractivity contribution in [3.8, 4) is 0 Å². The number of anilines is 1. The van der Waals surface area contributed by atoms with E-state index >= 15 is 0 Å². The van der Waals surface area contributed by atoms with Crippen molar-refractivity contribution in [2.24, 2.45) is 5.73 Å². The minimum atomic E-state index is 0.161. The molecule has 0 radical (unpaired) electrons. The summed E-state index contributed by atoms with van der Waals surface area (Å²) in [6.45, 7) is 6.50. The molecule has 0 saturated carbocycles. The van der Waals surface area contributed by atoms with E-state index in [4.69, 9.17) is 5.73 Å². The SMILES string of the molecule is CCC1CCC(C)N1c1ncc(CC(C)N)cn1. The van der Waals surface area contributed by atoms with Crippen LogP contribution in [0.3, 0.4) is 0 Å². The van der Waals surface area contributed by atoms with E-state index in [1.807, 2.05) is 19.3 Å². The molecule has 2 rings (SSSR count). The second kappa shape index (κ2) is 5.65. The van der Waals surface area contributed by atoms with Crippen LogP contribution >= 0.6 is 0 Å². The summed E-state index contributed by atoms with van der Waals surface area (Å²) in [6, 6.07) is 1.31. The molecule has 1 aromatic rings. The lowest BCUT2D eigenvalue weighted by Gasteiger charge is -2.27. The summed E-state index contributed by atoms with van der Waals surface area (Å²) in [5.41, 5.74) is 6.90. The van der Waals surface area contributed by atoms with Gasteiger partial charge in [0.1, 0.15) is 0 Å². The molecule has 4 nitrogen and oxygen atoms in total. The van der Waals surface area contributed by atoms with E-state index in [0.717, 1.165) is 24.4 Å². The predicted molar refractivity (Wildman–Crippen MR) is 74.6 cm³/mol. The molecule has 1 aliphatic rings. The van der Waals surface area contributed by atoms with Gasteiger partial charge in [0.25, 0.3) is 0 Å². The van der Waals surface area contributed by atoms with Crippen LogP contribution in [0.5, 0.6) is 0 Å². The van der Waals surface area contributed by atoms with Gasteiger partial charge in [-0.25, -0.2) is 9.97 Å². The zero-order valence-corrected chi connectivity index (χ0v) is 11.6. The highest BCUT2D eigenvalue weighted by Crippen LogP contribution is 2.29. The number of nitrogens with zero attached hydrogens (tertiary/aromatic N) is 3. The lowest BCUT2D eigenvalue weighted by atomic mass is 10.1. The van der Waals surface area contributed by atoms with Crippen LogP contribution in [0.4, 0.5) is 5.95 Å². The molecule has 2 heterocycles. The van der Waals surface area contributed by atoms with Gasteiger partial charge in [0.05, 0.1) is 0 Å². The van der Waals surface area contributed by atoms with Crippen molar-refractivity contribution in [1.29, 1.82) is 0 Å². The van der Waals surface area contributed by atoms with Gasteiger partial charge in [-0.2, -0.15) is 0 Å². The summed E-state index contributed by atoms with van der Waals surface area (Å²) in [5, 5.41) is 0. The standard InChI is InChI=1S/C14H24N4/c1-4-13-6-5-11(3)18(13)14-16-8-12(9-17-14)7-10(2)15/h8-11,13H,4-7,15H2,1-3H3. The Bertz CT molecular complexity index is 374. The Morgan fingerprint density at radius 1 is 1.39 bits per heavy atom. The van der Waals surface area contributed by atoms with E-state index in [1.165, 1.54) is 12.8 Å². The number of aromatic nitrogens is 2. The Morgan fingerprint density at radius 3 is 2.61 bits per heavy atom. The van der Waals surface area contributed by atoms with Gasteiger partial charge in [0.2, 0.25) is 5.95 Å². The van der Waals surface area contributed by atoms with Crippen molar-refractivity contribution < 1.29 is 0 Å². The first-order valence-corrected chi connectivity index (χ1v) is 6.96. The Hall–Kier alpha value is -1.16. The third kappa shape index (κ3) is 2.80. The quantitative estimate of drug-likeness (QED) is 0.887. The van der Waals surface area contributed by atoms with Crippen LogP contribution in [0.1, 0.15) is 45.6 Å². The molecule has 1 aliphatic heterocycles. The van der Waals surface area contributed by atoms with E-state index in [9.17, 15) is 0 Å². The lowest BCUT2D eigenvalue weighted by Crippen LogP contribution is -2.35. The minimum absolute atomic E-state index is 0.161. The fraction of sp³-hybridized carbons (Fsp3) is 0.714. The van der Waals surface area contributed by atoms with Crippen LogP contribution in [0.25, 0.3) is 0 Å². The fourth-order valence-corrected chi connectivity index (χ4v) is 2.79. The largest absolute Gasteiger partial charge is 0.335 e. The fourth-order valence-electron chi connectivity index (χ4n) is 2.79. The molecule has 2 N–H and O–H groups in total. The van der Waals surface area contributed by atoms with E-state index in [2.05, 4.69) is 28.7 Å². The number of hydrogen-bond acceptors (Lipinski definition) is 4. The molecule has 4 heteroatoms. The first kappa shape index (κ1) is 13.3. The molecule has 1 fully saturated rings. The van der Waals surface area contributed by atoms with E-state index < -0.39 is 0 Å². The molecule has 1 saturated heterocycles. The Kier molecular flexibility index (Phi) is 4.17. The smallest absolute Gasteiger partial charge is 0.225 e. The third-order valence-electron chi connectivity index (χ3n) is 3.74. The highest BCUT2D eigenvalue weighted by molar-refractivity contribution is 5.35. The lowest BCUT2D eigenvalue weighted by molar-refractivity contribution is 0.611. The van der Waals surface area contributed by atoms with Gasteiger partial charge < -0.3 is 10.6 Å². The van der Waals surface area contributed by atoms with Crippen molar-refractivity contribution in [2.45, 2.75) is 64.6 Å². The Morgan fingerprint density at radius 2 is 2.06 bits per heavy atom. The molecule has 0 bridgehead atoms. The molecule has 3 atom stereocenters. The van der Waals surface area contributed by atoms with Crippen molar-refractivity contribution in [1.82, 2.24) is 9.97 Å². The highest BCUT2D eigenvalue weighted by Gasteiger charge is 2.30. The van der Waals surface area contributed by atoms with Crippen LogP contribution in [0.2, 0.25) is 0 Å². The molecule has 0 aromatic carbocycles. The molecule has 0 aliphatic carbocycles. The maximum atomic E-state index is 5.78. The highest BCUT2D eigenvalue weighted by atomic mass is 15.3. The zero-order chi connectivity index (χ0) is 13.1. The Balaban J connectivity index is 2.13. The molecule has 1 aromatic heterocycles. The molecule has 100 valence electrons. The topological polar surface area (TPSA) is 55.0 Å². The van der Waals surface area contributed by atoms with Crippen LogP contribution in [0.15, 0.2) is 12.4 Å². The normalized spacial score (nSPS) is 25.4. The summed E-state index contributed by atoms with van der Waals surface area (Å²) in [7, 11) is 0. The molecule has 0 spiro atoms. The van der Waals surface area contributed by atoms with Gasteiger partial charge >= 0.3 is 0 Å². The van der Waals surface area contributed by atoms with E-state index in [1.54, 1.807) is 0 Å². The van der Waals surface area contributed by atoms with Crippen molar-refractivity contribution >= 4 is 5.95 Å². The van der Waals surface area contributed by atoms with Crippen molar-refractivity contribution in [3.63, 3.8) is 0 Å². The van der Waals surface area contributed by atoms with Gasteiger partial charge in [-0.3, -0.25) is 0 Å². The second-order valence-electron chi connectivity index (χ2n) is 5.47. The predicted octanol–water partition coefficient (Wildman–Crippen LogP) is 2.13. The summed E-state index contributed by atoms with van der Waals surface area (Å²) in [5.74, 6) is 0.875. The number of hydrogen-bond donors (Lipinski definition) is 1. The molecular formula is C14H24N4. The summed E-state index contributed by atoms with van der Waals surface area (Å²) in [6.07, 6.45) is 8.33. The van der Waals surface area contributed by atoms with E-state index in [-0.39, 0.29) is 6.04 Å². The first-order chi connectivity index (χ1) is 8.61. The van der Waals surface area contributed by atoms with E-state index in [0.29, 0.717) is 12.1 Å². The van der Waals surface area contributed by atoms with Crippen molar-refractivity contribution in [2.75, 3.05) is 4.90 Å². The molecular weight excluding hydrogens is 224 g/mol. The molecule has 0 amide bonds. The van der Waals surface area contributed by atoms with Crippen LogP contribution in [-0.4, -0.2) is 28.1 Å². The van der Waals surface area contributed by atoms with Crippen LogP contribution < -0.4 is 10.6 Å². The number of rotatable bonds is 4. The zero-order valence-electron chi connectivity index (χ0n) is 11.6. The summed E-state index contributed by atoms with van der Waals surface area (Å²) < 4.78 is 0. The molecule has 3 unspecified atom stereocenters. The van der Waals surface area contributed by atoms with Gasteiger partial charge in [0, 0.05) is 30.5 Å². The molecule has 18 heavy (non-hydrogen) atoms. The van der Waals surface area contributed by atoms with Gasteiger partial charge in [-0.05, 0) is 45.1 Å². The van der Waals surface area contributed by atoms with Crippen molar-refractivity contribution in [3.05, 3.63) is 18.0 Å². The van der Waals surface area contributed by atoms with Gasteiger partial charge in [-0.15, -0.1) is 0 Å². The average Bonchev–Trinajstić information content (AvgIpc) is 2.71. The van der Waals surface area contributed by atoms with Gasteiger partial charge in [-0.1, -0.05) is 6.92 Å². The summed E-state index contributed by atoms with van der Waals surface area (Å²) in [4.78, 5) is 11.4. The number of nitrogens with two attached hydrogens (primary N) is 1. The van der Waals surface area contributed by atoms with Gasteiger partial charge in [0.15, 0.2) is 0 Å². The van der Waals surface area contributed by atoms with Crippen LogP contribution in [0, 0.1) is 0 Å². The Labute approximate surface area is 110 Å². The maximum Gasteiger partial charge on any atom is 0.225 e.